The SMILES string of the molecule is O=C(c1ccnc(OCc2ccccc2)c1)N1CCN(S(=O)(=O)c2ccc(F)cc2F)CC1. The molecule has 1 aliphatic heterocycles. The number of carbonyl (C=O) groups is 1. The molecule has 4 rings (SSSR count). The summed E-state index contributed by atoms with van der Waals surface area (Å²) in [5.41, 5.74) is 1.33. The fraction of sp³-hybridized carbons (Fsp3) is 0.217. The smallest absolute Gasteiger partial charge is 0.254 e. The quantitative estimate of drug-likeness (QED) is 0.550. The van der Waals surface area contributed by atoms with Gasteiger partial charge in [0.2, 0.25) is 15.9 Å². The Balaban J connectivity index is 1.39. The van der Waals surface area contributed by atoms with E-state index in [4.69, 9.17) is 4.74 Å². The Labute approximate surface area is 190 Å². The van der Waals surface area contributed by atoms with Crippen LogP contribution in [0.15, 0.2) is 71.8 Å². The van der Waals surface area contributed by atoms with Gasteiger partial charge in [0.15, 0.2) is 0 Å². The van der Waals surface area contributed by atoms with Crippen LogP contribution >= 0.6 is 0 Å². The first-order chi connectivity index (χ1) is 15.8. The molecule has 0 atom stereocenters. The molecule has 10 heteroatoms. The molecule has 0 bridgehead atoms. The first-order valence-electron chi connectivity index (χ1n) is 10.2. The van der Waals surface area contributed by atoms with Crippen molar-refractivity contribution in [2.24, 2.45) is 0 Å². The summed E-state index contributed by atoms with van der Waals surface area (Å²) >= 11 is 0. The van der Waals surface area contributed by atoms with E-state index in [1.54, 1.807) is 12.1 Å². The van der Waals surface area contributed by atoms with E-state index in [1.165, 1.54) is 11.1 Å². The van der Waals surface area contributed by atoms with E-state index >= 15 is 0 Å². The molecule has 3 aromatic rings. The van der Waals surface area contributed by atoms with Gasteiger partial charge in [-0.2, -0.15) is 4.31 Å². The lowest BCUT2D eigenvalue weighted by Crippen LogP contribution is -2.50. The van der Waals surface area contributed by atoms with E-state index in [9.17, 15) is 22.0 Å². The van der Waals surface area contributed by atoms with Crippen LogP contribution in [0.1, 0.15) is 15.9 Å². The Morgan fingerprint density at radius 3 is 2.39 bits per heavy atom. The fourth-order valence-electron chi connectivity index (χ4n) is 3.49. The monoisotopic (exact) mass is 473 g/mol. The first-order valence-corrected chi connectivity index (χ1v) is 11.7. The van der Waals surface area contributed by atoms with Crippen LogP contribution in [0, 0.1) is 11.6 Å². The van der Waals surface area contributed by atoms with Crippen molar-refractivity contribution in [2.75, 3.05) is 26.2 Å². The van der Waals surface area contributed by atoms with Crippen LogP contribution in [0.2, 0.25) is 0 Å². The minimum absolute atomic E-state index is 0.00661. The fourth-order valence-corrected chi connectivity index (χ4v) is 4.96. The van der Waals surface area contributed by atoms with Gasteiger partial charge in [0.25, 0.3) is 5.91 Å². The molecule has 0 radical (unpaired) electrons. The van der Waals surface area contributed by atoms with Crippen molar-refractivity contribution >= 4 is 15.9 Å². The average Bonchev–Trinajstić information content (AvgIpc) is 2.83. The minimum atomic E-state index is -4.14. The zero-order valence-electron chi connectivity index (χ0n) is 17.5. The molecule has 7 nitrogen and oxygen atoms in total. The molecule has 0 saturated carbocycles. The molecular weight excluding hydrogens is 452 g/mol. The summed E-state index contributed by atoms with van der Waals surface area (Å²) in [6.45, 7) is 0.551. The maximum atomic E-state index is 14.0. The highest BCUT2D eigenvalue weighted by Gasteiger charge is 2.32. The lowest BCUT2D eigenvalue weighted by Gasteiger charge is -2.34. The number of ether oxygens (including phenoxy) is 1. The van der Waals surface area contributed by atoms with Crippen molar-refractivity contribution in [2.45, 2.75) is 11.5 Å². The molecule has 1 amide bonds. The molecule has 1 aliphatic rings. The van der Waals surface area contributed by atoms with Gasteiger partial charge in [-0.25, -0.2) is 22.2 Å². The van der Waals surface area contributed by atoms with Crippen LogP contribution in [0.3, 0.4) is 0 Å². The number of piperazine rings is 1. The van der Waals surface area contributed by atoms with E-state index < -0.39 is 26.6 Å². The molecule has 2 heterocycles. The van der Waals surface area contributed by atoms with Gasteiger partial charge < -0.3 is 9.64 Å². The van der Waals surface area contributed by atoms with Gasteiger partial charge in [-0.05, 0) is 23.8 Å². The lowest BCUT2D eigenvalue weighted by molar-refractivity contribution is 0.0697. The van der Waals surface area contributed by atoms with Gasteiger partial charge in [0, 0.05) is 50.1 Å². The molecule has 172 valence electrons. The van der Waals surface area contributed by atoms with Crippen molar-refractivity contribution in [3.05, 3.63) is 89.6 Å². The van der Waals surface area contributed by atoms with Crippen molar-refractivity contribution in [1.82, 2.24) is 14.2 Å². The largest absolute Gasteiger partial charge is 0.473 e. The minimum Gasteiger partial charge on any atom is -0.473 e. The highest BCUT2D eigenvalue weighted by atomic mass is 32.2. The highest BCUT2D eigenvalue weighted by Crippen LogP contribution is 2.22. The second-order valence-electron chi connectivity index (χ2n) is 7.43. The number of aromatic nitrogens is 1. The van der Waals surface area contributed by atoms with Gasteiger partial charge in [-0.1, -0.05) is 30.3 Å². The van der Waals surface area contributed by atoms with E-state index in [0.29, 0.717) is 24.1 Å². The zero-order valence-corrected chi connectivity index (χ0v) is 18.3. The number of benzene rings is 2. The van der Waals surface area contributed by atoms with Crippen molar-refractivity contribution in [1.29, 1.82) is 0 Å². The zero-order chi connectivity index (χ0) is 23.4. The third kappa shape index (κ3) is 5.18. The molecule has 0 spiro atoms. The van der Waals surface area contributed by atoms with Crippen LogP contribution in [0.5, 0.6) is 5.88 Å². The maximum absolute atomic E-state index is 14.0. The van der Waals surface area contributed by atoms with Crippen LogP contribution in [0.4, 0.5) is 8.78 Å². The number of amides is 1. The van der Waals surface area contributed by atoms with Crippen molar-refractivity contribution in [3.8, 4) is 5.88 Å². The third-order valence-electron chi connectivity index (χ3n) is 5.25. The number of carbonyl (C=O) groups excluding carboxylic acids is 1. The Morgan fingerprint density at radius 2 is 1.70 bits per heavy atom. The standard InChI is InChI=1S/C23H21F2N3O4S/c24-19-6-7-21(20(25)15-19)33(30,31)28-12-10-27(11-13-28)23(29)18-8-9-26-22(14-18)32-16-17-4-2-1-3-5-17/h1-9,14-15H,10-13,16H2. The number of pyridine rings is 1. The third-order valence-corrected chi connectivity index (χ3v) is 7.18. The van der Waals surface area contributed by atoms with Crippen LogP contribution in [0.25, 0.3) is 0 Å². The number of rotatable bonds is 6. The summed E-state index contributed by atoms with van der Waals surface area (Å²) in [7, 11) is -4.14. The van der Waals surface area contributed by atoms with Gasteiger partial charge in [-0.15, -0.1) is 0 Å². The van der Waals surface area contributed by atoms with Crippen LogP contribution in [-0.2, 0) is 16.6 Å². The first kappa shape index (κ1) is 22.8. The Hall–Kier alpha value is -3.37. The molecule has 0 aliphatic carbocycles. The summed E-state index contributed by atoms with van der Waals surface area (Å²) in [5.74, 6) is -1.98. The Morgan fingerprint density at radius 1 is 0.970 bits per heavy atom. The van der Waals surface area contributed by atoms with Gasteiger partial charge in [0.1, 0.15) is 23.1 Å². The molecule has 0 N–H and O–H groups in total. The van der Waals surface area contributed by atoms with E-state index in [2.05, 4.69) is 4.98 Å². The van der Waals surface area contributed by atoms with Gasteiger partial charge in [0.05, 0.1) is 0 Å². The Bertz CT molecular complexity index is 1250. The predicted molar refractivity (Wildman–Crippen MR) is 116 cm³/mol. The molecule has 0 unspecified atom stereocenters. The number of hydrogen-bond donors (Lipinski definition) is 0. The van der Waals surface area contributed by atoms with Crippen molar-refractivity contribution in [3.63, 3.8) is 0 Å². The van der Waals surface area contributed by atoms with Crippen LogP contribution < -0.4 is 4.74 Å². The number of halogens is 2. The number of hydrogen-bond acceptors (Lipinski definition) is 5. The Kier molecular flexibility index (Phi) is 6.66. The normalized spacial score (nSPS) is 14.8. The summed E-state index contributed by atoms with van der Waals surface area (Å²) in [4.78, 5) is 18.0. The second-order valence-corrected chi connectivity index (χ2v) is 9.33. The number of sulfonamides is 1. The topological polar surface area (TPSA) is 79.8 Å². The lowest BCUT2D eigenvalue weighted by atomic mass is 10.2. The molecular formula is C23H21F2N3O4S. The summed E-state index contributed by atoms with van der Waals surface area (Å²) in [6, 6.07) is 15.0. The summed E-state index contributed by atoms with van der Waals surface area (Å²) in [6.07, 6.45) is 1.48. The molecule has 2 aromatic carbocycles. The second kappa shape index (κ2) is 9.63. The highest BCUT2D eigenvalue weighted by molar-refractivity contribution is 7.89. The van der Waals surface area contributed by atoms with E-state index in [0.717, 1.165) is 22.0 Å². The van der Waals surface area contributed by atoms with Crippen molar-refractivity contribution < 1.29 is 26.7 Å². The average molecular weight is 474 g/mol. The summed E-state index contributed by atoms with van der Waals surface area (Å²) < 4.78 is 59.4. The van der Waals surface area contributed by atoms with E-state index in [1.807, 2.05) is 30.3 Å². The van der Waals surface area contributed by atoms with Gasteiger partial charge >= 0.3 is 0 Å². The van der Waals surface area contributed by atoms with E-state index in [-0.39, 0.29) is 32.1 Å². The van der Waals surface area contributed by atoms with Gasteiger partial charge in [-0.3, -0.25) is 4.79 Å². The number of nitrogens with zero attached hydrogens (tertiary/aromatic N) is 3. The predicted octanol–water partition coefficient (Wildman–Crippen LogP) is 3.09. The molecule has 1 saturated heterocycles. The molecule has 1 aromatic heterocycles. The summed E-state index contributed by atoms with van der Waals surface area (Å²) in [5, 5.41) is 0. The molecule has 33 heavy (non-hydrogen) atoms. The van der Waals surface area contributed by atoms with Crippen LogP contribution in [-0.4, -0.2) is 54.7 Å². The maximum Gasteiger partial charge on any atom is 0.254 e. The molecule has 1 fully saturated rings.